The first-order valence-corrected chi connectivity index (χ1v) is 7.37. The Bertz CT molecular complexity index is 532. The molecule has 4 heteroatoms. The Morgan fingerprint density at radius 3 is 2.55 bits per heavy atom. The molecule has 0 saturated heterocycles. The minimum Gasteiger partial charge on any atom is -0.466 e. The lowest BCUT2D eigenvalue weighted by molar-refractivity contribution is -0.143. The van der Waals surface area contributed by atoms with E-state index in [0.717, 1.165) is 5.56 Å². The van der Waals surface area contributed by atoms with Gasteiger partial charge in [-0.15, -0.1) is 6.58 Å². The summed E-state index contributed by atoms with van der Waals surface area (Å²) in [4.78, 5) is 25.1. The third kappa shape index (κ3) is 6.39. The summed E-state index contributed by atoms with van der Waals surface area (Å²) in [5.41, 5.74) is 2.13. The number of benzene rings is 1. The smallest absolute Gasteiger partial charge is 0.307 e. The number of hydrogen-bond donors (Lipinski definition) is 0. The van der Waals surface area contributed by atoms with Gasteiger partial charge in [-0.1, -0.05) is 35.9 Å². The fraction of sp³-hybridized carbons (Fsp3) is 0.333. The van der Waals surface area contributed by atoms with Gasteiger partial charge in [0.05, 0.1) is 13.0 Å². The Balaban J connectivity index is 2.61. The zero-order valence-electron chi connectivity index (χ0n) is 13.2. The minimum atomic E-state index is -0.299. The van der Waals surface area contributed by atoms with Crippen LogP contribution in [0.1, 0.15) is 24.5 Å². The second kappa shape index (κ2) is 9.55. The molecule has 0 heterocycles. The van der Waals surface area contributed by atoms with Gasteiger partial charge in [0, 0.05) is 19.2 Å². The van der Waals surface area contributed by atoms with Gasteiger partial charge in [-0.3, -0.25) is 9.59 Å². The van der Waals surface area contributed by atoms with Crippen LogP contribution in [-0.2, 0) is 14.3 Å². The molecular formula is C18H23NO3. The molecule has 118 valence electrons. The Kier molecular flexibility index (Phi) is 7.68. The summed E-state index contributed by atoms with van der Waals surface area (Å²) < 4.78 is 4.87. The van der Waals surface area contributed by atoms with Crippen LogP contribution in [0.3, 0.4) is 0 Å². The monoisotopic (exact) mass is 301 g/mol. The van der Waals surface area contributed by atoms with Crippen molar-refractivity contribution in [2.75, 3.05) is 19.7 Å². The van der Waals surface area contributed by atoms with E-state index in [-0.39, 0.29) is 18.3 Å². The Labute approximate surface area is 132 Å². The molecule has 0 aromatic heterocycles. The summed E-state index contributed by atoms with van der Waals surface area (Å²) in [6.45, 7) is 8.48. The standard InChI is InChI=1S/C18H23NO3/c1-4-13-19(14-12-18(21)22-5-2)17(20)11-10-16-8-6-15(3)7-9-16/h4,6-11H,1,5,12-14H2,2-3H3/b11-10+. The molecule has 1 aromatic carbocycles. The summed E-state index contributed by atoms with van der Waals surface area (Å²) in [6, 6.07) is 7.89. The number of rotatable bonds is 8. The van der Waals surface area contributed by atoms with Gasteiger partial charge < -0.3 is 9.64 Å². The van der Waals surface area contributed by atoms with Crippen molar-refractivity contribution in [3.63, 3.8) is 0 Å². The second-order valence-electron chi connectivity index (χ2n) is 4.87. The van der Waals surface area contributed by atoms with E-state index in [9.17, 15) is 9.59 Å². The van der Waals surface area contributed by atoms with E-state index in [4.69, 9.17) is 4.74 Å². The van der Waals surface area contributed by atoms with Gasteiger partial charge in [0.2, 0.25) is 5.91 Å². The third-order valence-electron chi connectivity index (χ3n) is 3.05. The van der Waals surface area contributed by atoms with Gasteiger partial charge in [-0.05, 0) is 25.5 Å². The highest BCUT2D eigenvalue weighted by Gasteiger charge is 2.11. The van der Waals surface area contributed by atoms with E-state index in [1.165, 1.54) is 11.6 Å². The van der Waals surface area contributed by atoms with E-state index in [1.807, 2.05) is 31.2 Å². The molecule has 0 aliphatic rings. The summed E-state index contributed by atoms with van der Waals surface area (Å²) in [7, 11) is 0. The van der Waals surface area contributed by atoms with Crippen molar-refractivity contribution in [1.29, 1.82) is 0 Å². The molecule has 0 aliphatic heterocycles. The van der Waals surface area contributed by atoms with Crippen molar-refractivity contribution < 1.29 is 14.3 Å². The molecule has 0 spiro atoms. The zero-order valence-corrected chi connectivity index (χ0v) is 13.2. The van der Waals surface area contributed by atoms with E-state index >= 15 is 0 Å². The predicted octanol–water partition coefficient (Wildman–Crippen LogP) is 2.98. The van der Waals surface area contributed by atoms with Gasteiger partial charge in [0.15, 0.2) is 0 Å². The third-order valence-corrected chi connectivity index (χ3v) is 3.05. The molecule has 22 heavy (non-hydrogen) atoms. The number of amides is 1. The fourth-order valence-corrected chi connectivity index (χ4v) is 1.86. The van der Waals surface area contributed by atoms with Gasteiger partial charge in [-0.2, -0.15) is 0 Å². The highest BCUT2D eigenvalue weighted by atomic mass is 16.5. The number of carbonyl (C=O) groups excluding carboxylic acids is 2. The van der Waals surface area contributed by atoms with Crippen molar-refractivity contribution in [2.24, 2.45) is 0 Å². The van der Waals surface area contributed by atoms with Gasteiger partial charge in [-0.25, -0.2) is 0 Å². The minimum absolute atomic E-state index is 0.148. The second-order valence-corrected chi connectivity index (χ2v) is 4.87. The van der Waals surface area contributed by atoms with Crippen molar-refractivity contribution >= 4 is 18.0 Å². The molecule has 0 aliphatic carbocycles. The first kappa shape index (κ1) is 17.7. The maximum Gasteiger partial charge on any atom is 0.307 e. The maximum atomic E-state index is 12.2. The van der Waals surface area contributed by atoms with E-state index in [1.54, 1.807) is 24.0 Å². The van der Waals surface area contributed by atoms with Crippen molar-refractivity contribution in [1.82, 2.24) is 4.90 Å². The summed E-state index contributed by atoms with van der Waals surface area (Å²) in [6.07, 6.45) is 5.11. The molecule has 1 rings (SSSR count). The number of nitrogens with zero attached hydrogens (tertiary/aromatic N) is 1. The van der Waals surface area contributed by atoms with Crippen LogP contribution in [0.2, 0.25) is 0 Å². The molecule has 0 N–H and O–H groups in total. The van der Waals surface area contributed by atoms with Crippen LogP contribution in [0.4, 0.5) is 0 Å². The van der Waals surface area contributed by atoms with Crippen LogP contribution in [0, 0.1) is 6.92 Å². The fourth-order valence-electron chi connectivity index (χ4n) is 1.86. The molecule has 1 aromatic rings. The lowest BCUT2D eigenvalue weighted by Crippen LogP contribution is -2.32. The van der Waals surface area contributed by atoms with Gasteiger partial charge >= 0.3 is 5.97 Å². The van der Waals surface area contributed by atoms with Crippen LogP contribution < -0.4 is 0 Å². The molecule has 0 fully saturated rings. The Morgan fingerprint density at radius 2 is 1.95 bits per heavy atom. The maximum absolute atomic E-state index is 12.2. The van der Waals surface area contributed by atoms with Crippen molar-refractivity contribution in [3.05, 3.63) is 54.1 Å². The lowest BCUT2D eigenvalue weighted by atomic mass is 10.1. The van der Waals surface area contributed by atoms with Crippen LogP contribution in [0.5, 0.6) is 0 Å². The van der Waals surface area contributed by atoms with E-state index in [2.05, 4.69) is 6.58 Å². The highest BCUT2D eigenvalue weighted by molar-refractivity contribution is 5.92. The first-order valence-electron chi connectivity index (χ1n) is 7.37. The van der Waals surface area contributed by atoms with Crippen molar-refractivity contribution in [2.45, 2.75) is 20.3 Å². The van der Waals surface area contributed by atoms with Crippen LogP contribution in [0.15, 0.2) is 43.0 Å². The average molecular weight is 301 g/mol. The SMILES string of the molecule is C=CCN(CCC(=O)OCC)C(=O)/C=C/c1ccc(C)cc1. The normalized spacial score (nSPS) is 10.5. The van der Waals surface area contributed by atoms with E-state index in [0.29, 0.717) is 19.7 Å². The molecule has 0 bridgehead atoms. The molecule has 0 unspecified atom stereocenters. The molecule has 4 nitrogen and oxygen atoms in total. The molecule has 1 amide bonds. The average Bonchev–Trinajstić information content (AvgIpc) is 2.51. The van der Waals surface area contributed by atoms with Gasteiger partial charge in [0.1, 0.15) is 0 Å². The predicted molar refractivity (Wildman–Crippen MR) is 88.2 cm³/mol. The van der Waals surface area contributed by atoms with E-state index < -0.39 is 0 Å². The summed E-state index contributed by atoms with van der Waals surface area (Å²) >= 11 is 0. The van der Waals surface area contributed by atoms with Crippen molar-refractivity contribution in [3.8, 4) is 0 Å². The molecular weight excluding hydrogens is 278 g/mol. The number of hydrogen-bond acceptors (Lipinski definition) is 3. The molecule has 0 radical (unpaired) electrons. The van der Waals surface area contributed by atoms with Crippen LogP contribution in [0.25, 0.3) is 6.08 Å². The lowest BCUT2D eigenvalue weighted by Gasteiger charge is -2.18. The first-order chi connectivity index (χ1) is 10.6. The zero-order chi connectivity index (χ0) is 16.4. The highest BCUT2D eigenvalue weighted by Crippen LogP contribution is 2.06. The topological polar surface area (TPSA) is 46.6 Å². The Hall–Kier alpha value is -2.36. The quantitative estimate of drug-likeness (QED) is 0.421. The van der Waals surface area contributed by atoms with Gasteiger partial charge in [0.25, 0.3) is 0 Å². The number of esters is 1. The largest absolute Gasteiger partial charge is 0.466 e. The molecule has 0 atom stereocenters. The Morgan fingerprint density at radius 1 is 1.27 bits per heavy atom. The van der Waals surface area contributed by atoms with Crippen LogP contribution in [-0.4, -0.2) is 36.5 Å². The number of carbonyl (C=O) groups is 2. The molecule has 0 saturated carbocycles. The van der Waals surface area contributed by atoms with Crippen LogP contribution >= 0.6 is 0 Å². The summed E-state index contributed by atoms with van der Waals surface area (Å²) in [5, 5.41) is 0. The number of aryl methyl sites for hydroxylation is 1. The summed E-state index contributed by atoms with van der Waals surface area (Å²) in [5.74, 6) is -0.448. The number of ether oxygens (including phenoxy) is 1.